The number of nitro benzene ring substituents is 1. The van der Waals surface area contributed by atoms with Crippen LogP contribution in [0.2, 0.25) is 0 Å². The van der Waals surface area contributed by atoms with Gasteiger partial charge in [0.05, 0.1) is 10.4 Å². The van der Waals surface area contributed by atoms with Gasteiger partial charge in [-0.25, -0.2) is 4.79 Å². The number of carbonyl (C=O) groups excluding carboxylic acids is 1. The Morgan fingerprint density at radius 3 is 2.70 bits per heavy atom. The molecule has 1 N–H and O–H groups in total. The molecule has 1 aromatic heterocycles. The summed E-state index contributed by atoms with van der Waals surface area (Å²) in [6.45, 7) is 6.44. The summed E-state index contributed by atoms with van der Waals surface area (Å²) in [5.41, 5.74) is 0.367. The van der Waals surface area contributed by atoms with Gasteiger partial charge in [-0.1, -0.05) is 20.8 Å². The van der Waals surface area contributed by atoms with Crippen molar-refractivity contribution in [3.63, 3.8) is 0 Å². The average molecular weight is 321 g/mol. The van der Waals surface area contributed by atoms with Crippen molar-refractivity contribution >= 4 is 22.7 Å². The van der Waals surface area contributed by atoms with Crippen molar-refractivity contribution in [2.24, 2.45) is 5.41 Å². The van der Waals surface area contributed by atoms with Crippen molar-refractivity contribution in [2.75, 3.05) is 6.54 Å². The van der Waals surface area contributed by atoms with Crippen LogP contribution in [0.3, 0.4) is 0 Å². The molecule has 0 unspecified atom stereocenters. The summed E-state index contributed by atoms with van der Waals surface area (Å²) in [5.74, 6) is -1.06. The van der Waals surface area contributed by atoms with Crippen LogP contribution in [0.25, 0.3) is 11.1 Å². The van der Waals surface area contributed by atoms with E-state index in [0.29, 0.717) is 6.54 Å². The molecule has 8 heteroatoms. The first-order chi connectivity index (χ1) is 10.7. The number of nitrogens with zero attached hydrogens (tertiary/aromatic N) is 2. The Balaban J connectivity index is 2.17. The fraction of sp³-hybridized carbons (Fsp3) is 0.467. The normalized spacial score (nSPS) is 11.6. The van der Waals surface area contributed by atoms with E-state index in [1.54, 1.807) is 0 Å². The number of rotatable bonds is 5. The van der Waals surface area contributed by atoms with Crippen LogP contribution in [0.15, 0.2) is 27.4 Å². The molecule has 0 bridgehead atoms. The highest BCUT2D eigenvalue weighted by Gasteiger charge is 2.17. The molecule has 23 heavy (non-hydrogen) atoms. The summed E-state index contributed by atoms with van der Waals surface area (Å²) >= 11 is 0. The van der Waals surface area contributed by atoms with Gasteiger partial charge in [-0.15, -0.1) is 0 Å². The first-order valence-corrected chi connectivity index (χ1v) is 7.22. The zero-order chi connectivity index (χ0) is 17.2. The predicted octanol–water partition coefficient (Wildman–Crippen LogP) is 2.06. The van der Waals surface area contributed by atoms with Gasteiger partial charge < -0.3 is 9.73 Å². The highest BCUT2D eigenvalue weighted by atomic mass is 16.6. The second kappa shape index (κ2) is 6.23. The molecular weight excluding hydrogens is 302 g/mol. The van der Waals surface area contributed by atoms with Crippen molar-refractivity contribution in [3.05, 3.63) is 38.9 Å². The van der Waals surface area contributed by atoms with E-state index in [1.807, 2.05) is 0 Å². The highest BCUT2D eigenvalue weighted by Crippen LogP contribution is 2.20. The van der Waals surface area contributed by atoms with Gasteiger partial charge in [-0.2, -0.15) is 0 Å². The van der Waals surface area contributed by atoms with E-state index in [-0.39, 0.29) is 34.7 Å². The van der Waals surface area contributed by atoms with E-state index in [1.165, 1.54) is 18.2 Å². The van der Waals surface area contributed by atoms with Gasteiger partial charge in [0.2, 0.25) is 5.91 Å². The average Bonchev–Trinajstić information content (AvgIpc) is 2.73. The number of fused-ring (bicyclic) bond motifs is 1. The maximum atomic E-state index is 12.0. The predicted molar refractivity (Wildman–Crippen MR) is 84.2 cm³/mol. The molecule has 0 saturated carbocycles. The number of carbonyl (C=O) groups is 1. The summed E-state index contributed by atoms with van der Waals surface area (Å²) in [6, 6.07) is 3.82. The molecule has 0 atom stereocenters. The van der Waals surface area contributed by atoms with E-state index >= 15 is 0 Å². The molecule has 0 fully saturated rings. The Labute approximate surface area is 132 Å². The van der Waals surface area contributed by atoms with Gasteiger partial charge in [-0.3, -0.25) is 19.5 Å². The Bertz CT molecular complexity index is 798. The first kappa shape index (κ1) is 16.7. The molecule has 0 saturated heterocycles. The van der Waals surface area contributed by atoms with Crippen LogP contribution in [-0.2, 0) is 11.3 Å². The molecule has 124 valence electrons. The van der Waals surface area contributed by atoms with Crippen LogP contribution < -0.4 is 11.1 Å². The molecule has 1 heterocycles. The highest BCUT2D eigenvalue weighted by molar-refractivity contribution is 5.80. The fourth-order valence-electron chi connectivity index (χ4n) is 2.09. The van der Waals surface area contributed by atoms with E-state index < -0.39 is 10.7 Å². The largest absolute Gasteiger partial charge is 0.420 e. The number of benzene rings is 1. The number of amides is 1. The molecule has 0 aliphatic carbocycles. The summed E-state index contributed by atoms with van der Waals surface area (Å²) in [7, 11) is 0. The number of nitro groups is 1. The zero-order valence-corrected chi connectivity index (χ0v) is 13.3. The molecule has 2 rings (SSSR count). The van der Waals surface area contributed by atoms with E-state index in [2.05, 4.69) is 26.1 Å². The molecule has 1 amide bonds. The molecule has 0 aliphatic heterocycles. The number of aromatic nitrogens is 1. The Hall–Kier alpha value is -2.64. The Kier molecular flexibility index (Phi) is 4.53. The Morgan fingerprint density at radius 1 is 1.39 bits per heavy atom. The lowest BCUT2D eigenvalue weighted by atomic mass is 9.92. The smallest absolute Gasteiger partial charge is 0.408 e. The SMILES string of the molecule is CC(C)(C)CCNC(=O)Cn1c(=O)oc2ccc([N+](=O)[O-])cc21. The second-order valence-electron chi connectivity index (χ2n) is 6.52. The quantitative estimate of drug-likeness (QED) is 0.670. The van der Waals surface area contributed by atoms with Crippen molar-refractivity contribution in [1.29, 1.82) is 0 Å². The van der Waals surface area contributed by atoms with E-state index in [0.717, 1.165) is 11.0 Å². The number of non-ortho nitro benzene ring substituents is 1. The second-order valence-corrected chi connectivity index (χ2v) is 6.52. The first-order valence-electron chi connectivity index (χ1n) is 7.22. The van der Waals surface area contributed by atoms with Gasteiger partial charge in [0.1, 0.15) is 6.54 Å². The maximum Gasteiger partial charge on any atom is 0.420 e. The van der Waals surface area contributed by atoms with Crippen LogP contribution >= 0.6 is 0 Å². The Morgan fingerprint density at radius 2 is 2.09 bits per heavy atom. The summed E-state index contributed by atoms with van der Waals surface area (Å²) in [4.78, 5) is 34.1. The molecular formula is C15H19N3O5. The van der Waals surface area contributed by atoms with E-state index in [4.69, 9.17) is 4.42 Å². The topological polar surface area (TPSA) is 107 Å². The summed E-state index contributed by atoms with van der Waals surface area (Å²) in [5, 5.41) is 13.6. The lowest BCUT2D eigenvalue weighted by Crippen LogP contribution is -2.32. The third kappa shape index (κ3) is 4.18. The van der Waals surface area contributed by atoms with Gasteiger partial charge in [-0.05, 0) is 17.9 Å². The third-order valence-corrected chi connectivity index (χ3v) is 3.36. The molecule has 0 spiro atoms. The van der Waals surface area contributed by atoms with Crippen LogP contribution in [0.5, 0.6) is 0 Å². The summed E-state index contributed by atoms with van der Waals surface area (Å²) in [6.07, 6.45) is 0.797. The monoisotopic (exact) mass is 321 g/mol. The van der Waals surface area contributed by atoms with Crippen molar-refractivity contribution in [3.8, 4) is 0 Å². The molecule has 2 aromatic rings. The van der Waals surface area contributed by atoms with Crippen molar-refractivity contribution in [1.82, 2.24) is 9.88 Å². The van der Waals surface area contributed by atoms with Crippen molar-refractivity contribution in [2.45, 2.75) is 33.7 Å². The van der Waals surface area contributed by atoms with Gasteiger partial charge in [0.25, 0.3) is 5.69 Å². The molecule has 8 nitrogen and oxygen atoms in total. The summed E-state index contributed by atoms with van der Waals surface area (Å²) < 4.78 is 6.09. The fourth-order valence-corrected chi connectivity index (χ4v) is 2.09. The lowest BCUT2D eigenvalue weighted by Gasteiger charge is -2.17. The van der Waals surface area contributed by atoms with Gasteiger partial charge in [0, 0.05) is 18.7 Å². The van der Waals surface area contributed by atoms with Crippen LogP contribution in [0.1, 0.15) is 27.2 Å². The standard InChI is InChI=1S/C15H19N3O5/c1-15(2,3)6-7-16-13(19)9-17-11-8-10(18(21)22)4-5-12(11)23-14(17)20/h4-5,8H,6-7,9H2,1-3H3,(H,16,19). The number of nitrogens with one attached hydrogen (secondary N) is 1. The van der Waals surface area contributed by atoms with Gasteiger partial charge in [0.15, 0.2) is 5.58 Å². The number of hydrogen-bond donors (Lipinski definition) is 1. The lowest BCUT2D eigenvalue weighted by molar-refractivity contribution is -0.384. The third-order valence-electron chi connectivity index (χ3n) is 3.36. The van der Waals surface area contributed by atoms with E-state index in [9.17, 15) is 19.7 Å². The van der Waals surface area contributed by atoms with Gasteiger partial charge >= 0.3 is 5.76 Å². The number of hydrogen-bond acceptors (Lipinski definition) is 5. The zero-order valence-electron chi connectivity index (χ0n) is 13.3. The van der Waals surface area contributed by atoms with Crippen LogP contribution in [-0.4, -0.2) is 21.9 Å². The van der Waals surface area contributed by atoms with Crippen LogP contribution in [0.4, 0.5) is 5.69 Å². The molecule has 0 radical (unpaired) electrons. The minimum atomic E-state index is -0.716. The van der Waals surface area contributed by atoms with Crippen LogP contribution in [0, 0.1) is 15.5 Å². The maximum absolute atomic E-state index is 12.0. The minimum absolute atomic E-state index is 0.0903. The molecule has 1 aromatic carbocycles. The minimum Gasteiger partial charge on any atom is -0.408 e. The molecule has 0 aliphatic rings. The number of oxazole rings is 1. The van der Waals surface area contributed by atoms with Crippen molar-refractivity contribution < 1.29 is 14.1 Å².